The van der Waals surface area contributed by atoms with Gasteiger partial charge in [-0.1, -0.05) is 38.1 Å². The van der Waals surface area contributed by atoms with Crippen LogP contribution in [0.2, 0.25) is 0 Å². The molecule has 1 saturated heterocycles. The Morgan fingerprint density at radius 2 is 1.94 bits per heavy atom. The number of carbonyl (C=O) groups is 1. The highest BCUT2D eigenvalue weighted by molar-refractivity contribution is 5.85. The van der Waals surface area contributed by atoms with Crippen LogP contribution in [0.25, 0.3) is 0 Å². The summed E-state index contributed by atoms with van der Waals surface area (Å²) in [5.74, 6) is 0.540. The van der Waals surface area contributed by atoms with E-state index in [4.69, 9.17) is 4.74 Å². The van der Waals surface area contributed by atoms with Crippen LogP contribution in [-0.2, 0) is 4.74 Å². The normalized spacial score (nSPS) is 19.2. The van der Waals surface area contributed by atoms with Gasteiger partial charge in [0.25, 0.3) is 0 Å². The molecule has 1 fully saturated rings. The Hall–Kier alpha value is -1.22. The fourth-order valence-electron chi connectivity index (χ4n) is 1.89. The van der Waals surface area contributed by atoms with Crippen LogP contribution in [0.5, 0.6) is 0 Å². The molecule has 2 rings (SSSR count). The smallest absolute Gasteiger partial charge is 0.407 e. The zero-order valence-corrected chi connectivity index (χ0v) is 10.9. The highest BCUT2D eigenvalue weighted by Gasteiger charge is 2.20. The van der Waals surface area contributed by atoms with Crippen LogP contribution in [0.3, 0.4) is 0 Å². The summed E-state index contributed by atoms with van der Waals surface area (Å²) < 4.78 is 4.84. The zero-order valence-electron chi connectivity index (χ0n) is 10.1. The van der Waals surface area contributed by atoms with E-state index in [-0.39, 0.29) is 24.5 Å². The topological polar surface area (TPSA) is 38.3 Å². The van der Waals surface area contributed by atoms with Crippen molar-refractivity contribution < 1.29 is 9.53 Å². The van der Waals surface area contributed by atoms with Gasteiger partial charge < -0.3 is 10.1 Å². The first-order valence-electron chi connectivity index (χ1n) is 5.70. The fraction of sp³-hybridized carbons (Fsp3) is 0.462. The number of hydrogen-bond donors (Lipinski definition) is 1. The predicted molar refractivity (Wildman–Crippen MR) is 69.6 cm³/mol. The molecule has 0 saturated carbocycles. The third-order valence-corrected chi connectivity index (χ3v) is 2.94. The van der Waals surface area contributed by atoms with Gasteiger partial charge in [-0.25, -0.2) is 4.79 Å². The molecule has 1 heterocycles. The minimum absolute atomic E-state index is 0. The standard InChI is InChI=1S/C13H17NO2.ClH/c1-9(2)10-3-5-11(6-4-10)12-7-8-16-13(15)14-12;/h3-6,9,12H,7-8H2,1-2H3,(H,14,15);1H/t12-;/m1./s1. The van der Waals surface area contributed by atoms with Crippen molar-refractivity contribution in [2.24, 2.45) is 0 Å². The number of carbonyl (C=O) groups excluding carboxylic acids is 1. The molecule has 3 nitrogen and oxygen atoms in total. The molecule has 4 heteroatoms. The molecule has 0 spiro atoms. The van der Waals surface area contributed by atoms with Gasteiger partial charge in [-0.2, -0.15) is 0 Å². The number of rotatable bonds is 2. The number of hydrogen-bond acceptors (Lipinski definition) is 2. The summed E-state index contributed by atoms with van der Waals surface area (Å²) in [6.07, 6.45) is 0.524. The first kappa shape index (κ1) is 13.8. The van der Waals surface area contributed by atoms with E-state index in [0.29, 0.717) is 12.5 Å². The Labute approximate surface area is 108 Å². The van der Waals surface area contributed by atoms with Gasteiger partial charge in [-0.3, -0.25) is 0 Å². The first-order valence-corrected chi connectivity index (χ1v) is 5.70. The summed E-state index contributed by atoms with van der Waals surface area (Å²) in [5, 5.41) is 2.82. The molecule has 0 aliphatic carbocycles. The van der Waals surface area contributed by atoms with Crippen molar-refractivity contribution >= 4 is 18.5 Å². The van der Waals surface area contributed by atoms with Gasteiger partial charge in [0.1, 0.15) is 0 Å². The third kappa shape index (κ3) is 3.37. The van der Waals surface area contributed by atoms with Crippen LogP contribution in [0.4, 0.5) is 4.79 Å². The molecule has 0 unspecified atom stereocenters. The summed E-state index contributed by atoms with van der Waals surface area (Å²) in [4.78, 5) is 11.1. The molecule has 1 N–H and O–H groups in total. The Morgan fingerprint density at radius 3 is 2.47 bits per heavy atom. The van der Waals surface area contributed by atoms with Gasteiger partial charge in [0.15, 0.2) is 0 Å². The molecule has 1 amide bonds. The summed E-state index contributed by atoms with van der Waals surface area (Å²) in [7, 11) is 0. The SMILES string of the molecule is CC(C)c1ccc([C@H]2CCOC(=O)N2)cc1.Cl. The van der Waals surface area contributed by atoms with Crippen molar-refractivity contribution in [1.29, 1.82) is 0 Å². The van der Waals surface area contributed by atoms with Crippen LogP contribution in [0.1, 0.15) is 43.4 Å². The maximum Gasteiger partial charge on any atom is 0.407 e. The number of cyclic esters (lactones) is 1. The van der Waals surface area contributed by atoms with Gasteiger partial charge in [-0.15, -0.1) is 12.4 Å². The Kier molecular flexibility index (Phi) is 4.82. The van der Waals surface area contributed by atoms with Crippen LogP contribution >= 0.6 is 12.4 Å². The number of alkyl carbamates (subject to hydrolysis) is 1. The van der Waals surface area contributed by atoms with E-state index >= 15 is 0 Å². The lowest BCUT2D eigenvalue weighted by atomic mass is 9.98. The van der Waals surface area contributed by atoms with E-state index in [1.807, 2.05) is 0 Å². The largest absolute Gasteiger partial charge is 0.449 e. The fourth-order valence-corrected chi connectivity index (χ4v) is 1.89. The predicted octanol–water partition coefficient (Wildman–Crippen LogP) is 3.40. The molecule has 1 aromatic carbocycles. The van der Waals surface area contributed by atoms with Gasteiger partial charge in [0.2, 0.25) is 0 Å². The molecule has 1 atom stereocenters. The van der Waals surface area contributed by atoms with Gasteiger partial charge in [0, 0.05) is 6.42 Å². The van der Waals surface area contributed by atoms with Crippen LogP contribution in [-0.4, -0.2) is 12.7 Å². The van der Waals surface area contributed by atoms with E-state index in [0.717, 1.165) is 12.0 Å². The summed E-state index contributed by atoms with van der Waals surface area (Å²) in [6, 6.07) is 8.53. The summed E-state index contributed by atoms with van der Waals surface area (Å²) in [5.41, 5.74) is 2.48. The number of ether oxygens (including phenoxy) is 1. The van der Waals surface area contributed by atoms with Crippen molar-refractivity contribution in [3.05, 3.63) is 35.4 Å². The van der Waals surface area contributed by atoms with E-state index in [1.54, 1.807) is 0 Å². The lowest BCUT2D eigenvalue weighted by Crippen LogP contribution is -2.35. The second-order valence-electron chi connectivity index (χ2n) is 4.44. The van der Waals surface area contributed by atoms with Crippen molar-refractivity contribution in [2.45, 2.75) is 32.2 Å². The van der Waals surface area contributed by atoms with Crippen LogP contribution in [0.15, 0.2) is 24.3 Å². The Morgan fingerprint density at radius 1 is 1.29 bits per heavy atom. The number of benzene rings is 1. The minimum Gasteiger partial charge on any atom is -0.449 e. The molecule has 0 radical (unpaired) electrons. The quantitative estimate of drug-likeness (QED) is 0.880. The highest BCUT2D eigenvalue weighted by Crippen LogP contribution is 2.22. The van der Waals surface area contributed by atoms with Gasteiger partial charge in [-0.05, 0) is 17.0 Å². The Balaban J connectivity index is 0.00000144. The molecule has 94 valence electrons. The maximum absolute atomic E-state index is 11.1. The first-order chi connectivity index (χ1) is 7.66. The van der Waals surface area contributed by atoms with Crippen LogP contribution in [0, 0.1) is 0 Å². The van der Waals surface area contributed by atoms with Crippen molar-refractivity contribution in [1.82, 2.24) is 5.32 Å². The number of amides is 1. The minimum atomic E-state index is -0.316. The average Bonchev–Trinajstić information content (AvgIpc) is 2.29. The molecule has 17 heavy (non-hydrogen) atoms. The van der Waals surface area contributed by atoms with Crippen molar-refractivity contribution in [3.8, 4) is 0 Å². The summed E-state index contributed by atoms with van der Waals surface area (Å²) >= 11 is 0. The summed E-state index contributed by atoms with van der Waals surface area (Å²) in [6.45, 7) is 4.85. The maximum atomic E-state index is 11.1. The van der Waals surface area contributed by atoms with E-state index in [2.05, 4.69) is 43.4 Å². The van der Waals surface area contributed by atoms with Gasteiger partial charge >= 0.3 is 6.09 Å². The number of halogens is 1. The lowest BCUT2D eigenvalue weighted by molar-refractivity contribution is 0.115. The van der Waals surface area contributed by atoms with E-state index < -0.39 is 0 Å². The molecule has 0 bridgehead atoms. The van der Waals surface area contributed by atoms with Gasteiger partial charge in [0.05, 0.1) is 12.6 Å². The molecule has 1 aliphatic rings. The molecule has 1 aromatic rings. The monoisotopic (exact) mass is 255 g/mol. The molecular formula is C13H18ClNO2. The second kappa shape index (κ2) is 5.92. The van der Waals surface area contributed by atoms with Crippen LogP contribution < -0.4 is 5.32 Å². The average molecular weight is 256 g/mol. The highest BCUT2D eigenvalue weighted by atomic mass is 35.5. The van der Waals surface area contributed by atoms with Crippen molar-refractivity contribution in [2.75, 3.05) is 6.61 Å². The number of nitrogens with one attached hydrogen (secondary N) is 1. The molecule has 1 aliphatic heterocycles. The Bertz CT molecular complexity index is 376. The lowest BCUT2D eigenvalue weighted by Gasteiger charge is -2.23. The van der Waals surface area contributed by atoms with E-state index in [9.17, 15) is 4.79 Å². The van der Waals surface area contributed by atoms with E-state index in [1.165, 1.54) is 5.56 Å². The second-order valence-corrected chi connectivity index (χ2v) is 4.44. The van der Waals surface area contributed by atoms with Crippen molar-refractivity contribution in [3.63, 3.8) is 0 Å². The molecule has 0 aromatic heterocycles. The third-order valence-electron chi connectivity index (χ3n) is 2.94. The zero-order chi connectivity index (χ0) is 11.5. The molecular weight excluding hydrogens is 238 g/mol.